The van der Waals surface area contributed by atoms with Gasteiger partial charge in [0, 0.05) is 19.5 Å². The van der Waals surface area contributed by atoms with Crippen LogP contribution in [0.15, 0.2) is 67.0 Å². The summed E-state index contributed by atoms with van der Waals surface area (Å²) in [5, 5.41) is 9.92. The lowest BCUT2D eigenvalue weighted by atomic mass is 10.1. The minimum absolute atomic E-state index is 0.102. The average molecular weight is 364 g/mol. The lowest BCUT2D eigenvalue weighted by Crippen LogP contribution is -2.35. The fourth-order valence-corrected chi connectivity index (χ4v) is 2.84. The summed E-state index contributed by atoms with van der Waals surface area (Å²) < 4.78 is 5.11. The molecule has 0 aromatic carbocycles. The predicted molar refractivity (Wildman–Crippen MR) is 98.8 cm³/mol. The van der Waals surface area contributed by atoms with E-state index in [1.807, 2.05) is 24.3 Å². The summed E-state index contributed by atoms with van der Waals surface area (Å²) >= 11 is 0. The zero-order valence-corrected chi connectivity index (χ0v) is 14.9. The summed E-state index contributed by atoms with van der Waals surface area (Å²) in [4.78, 5) is 26.6. The second kappa shape index (κ2) is 8.86. The first-order valence-electron chi connectivity index (χ1n) is 8.44. The number of ether oxygens (including phenoxy) is 1. The Hall–Kier alpha value is -3.32. The molecule has 0 atom stereocenters. The summed E-state index contributed by atoms with van der Waals surface area (Å²) in [5.74, 6) is 0. The number of carbonyl (C=O) groups is 1. The Kier molecular flexibility index (Phi) is 6.06. The van der Waals surface area contributed by atoms with Gasteiger partial charge in [-0.25, -0.2) is 4.79 Å². The summed E-state index contributed by atoms with van der Waals surface area (Å²) in [5.41, 5.74) is 2.58. The Morgan fingerprint density at radius 2 is 1.63 bits per heavy atom. The van der Waals surface area contributed by atoms with Crippen LogP contribution in [0, 0.1) is 0 Å². The Balaban J connectivity index is 1.99. The first-order valence-corrected chi connectivity index (χ1v) is 8.44. The molecule has 0 spiro atoms. The van der Waals surface area contributed by atoms with Crippen LogP contribution in [0.25, 0.3) is 0 Å². The molecule has 0 unspecified atom stereocenters. The molecule has 0 radical (unpaired) electrons. The molecule has 3 rings (SSSR count). The highest BCUT2D eigenvalue weighted by Crippen LogP contribution is 2.27. The monoisotopic (exact) mass is 364 g/mol. The number of pyridine rings is 3. The third-order valence-electron chi connectivity index (χ3n) is 3.98. The van der Waals surface area contributed by atoms with E-state index in [1.54, 1.807) is 49.8 Å². The van der Waals surface area contributed by atoms with Crippen LogP contribution >= 0.6 is 0 Å². The largest absolute Gasteiger partial charge is 0.465 e. The van der Waals surface area contributed by atoms with Crippen molar-refractivity contribution in [2.24, 2.45) is 0 Å². The van der Waals surface area contributed by atoms with Gasteiger partial charge in [0.15, 0.2) is 0 Å². The third kappa shape index (κ3) is 4.65. The van der Waals surface area contributed by atoms with E-state index < -0.39 is 12.1 Å². The fourth-order valence-electron chi connectivity index (χ4n) is 2.84. The third-order valence-corrected chi connectivity index (χ3v) is 3.98. The zero-order valence-electron chi connectivity index (χ0n) is 14.9. The number of hydrogen-bond donors (Lipinski definition) is 1. The van der Waals surface area contributed by atoms with Gasteiger partial charge in [-0.05, 0) is 36.4 Å². The van der Waals surface area contributed by atoms with Gasteiger partial charge < -0.3 is 9.84 Å². The minimum Gasteiger partial charge on any atom is -0.465 e. The van der Waals surface area contributed by atoms with Gasteiger partial charge in [-0.1, -0.05) is 18.2 Å². The average Bonchev–Trinajstić information content (AvgIpc) is 2.70. The van der Waals surface area contributed by atoms with Crippen LogP contribution in [0.3, 0.4) is 0 Å². The molecule has 138 valence electrons. The SMILES string of the molecule is COCc1cccc(CN(C(=O)O)C(c2ccccn2)c2ccccn2)n1. The van der Waals surface area contributed by atoms with E-state index in [1.165, 1.54) is 4.90 Å². The number of carboxylic acid groups (broad SMARTS) is 1. The van der Waals surface area contributed by atoms with Gasteiger partial charge in [-0.15, -0.1) is 0 Å². The first-order chi connectivity index (χ1) is 13.2. The van der Waals surface area contributed by atoms with Crippen molar-refractivity contribution >= 4 is 6.09 Å². The molecule has 0 aliphatic rings. The van der Waals surface area contributed by atoms with Crippen molar-refractivity contribution in [3.05, 3.63) is 89.8 Å². The Morgan fingerprint density at radius 3 is 2.15 bits per heavy atom. The maximum absolute atomic E-state index is 12.1. The Labute approximate surface area is 157 Å². The van der Waals surface area contributed by atoms with Crippen molar-refractivity contribution in [2.45, 2.75) is 19.2 Å². The van der Waals surface area contributed by atoms with E-state index in [0.717, 1.165) is 5.69 Å². The van der Waals surface area contributed by atoms with Crippen LogP contribution in [0.4, 0.5) is 4.79 Å². The van der Waals surface area contributed by atoms with Crippen molar-refractivity contribution in [1.29, 1.82) is 0 Å². The van der Waals surface area contributed by atoms with Crippen LogP contribution < -0.4 is 0 Å². The van der Waals surface area contributed by atoms with E-state index in [2.05, 4.69) is 15.0 Å². The molecule has 0 saturated carbocycles. The molecule has 7 nitrogen and oxygen atoms in total. The topological polar surface area (TPSA) is 88.4 Å². The van der Waals surface area contributed by atoms with Crippen LogP contribution in [-0.2, 0) is 17.9 Å². The van der Waals surface area contributed by atoms with E-state index in [4.69, 9.17) is 4.74 Å². The molecule has 27 heavy (non-hydrogen) atoms. The molecule has 0 fully saturated rings. The van der Waals surface area contributed by atoms with Crippen molar-refractivity contribution in [2.75, 3.05) is 7.11 Å². The van der Waals surface area contributed by atoms with Crippen molar-refractivity contribution in [3.63, 3.8) is 0 Å². The first kappa shape index (κ1) is 18.5. The van der Waals surface area contributed by atoms with Gasteiger partial charge in [-0.2, -0.15) is 0 Å². The summed E-state index contributed by atoms with van der Waals surface area (Å²) in [6.07, 6.45) is 2.21. The normalized spacial score (nSPS) is 10.7. The highest BCUT2D eigenvalue weighted by Gasteiger charge is 2.29. The van der Waals surface area contributed by atoms with E-state index in [0.29, 0.717) is 23.7 Å². The summed E-state index contributed by atoms with van der Waals surface area (Å²) in [6, 6.07) is 15.7. The molecule has 0 aliphatic carbocycles. The van der Waals surface area contributed by atoms with Gasteiger partial charge in [0.2, 0.25) is 0 Å². The van der Waals surface area contributed by atoms with Crippen LogP contribution in [0.2, 0.25) is 0 Å². The van der Waals surface area contributed by atoms with Gasteiger partial charge in [-0.3, -0.25) is 19.9 Å². The van der Waals surface area contributed by atoms with Gasteiger partial charge in [0.1, 0.15) is 6.04 Å². The summed E-state index contributed by atoms with van der Waals surface area (Å²) in [7, 11) is 1.59. The molecule has 3 heterocycles. The van der Waals surface area contributed by atoms with Crippen LogP contribution in [0.1, 0.15) is 28.8 Å². The van der Waals surface area contributed by atoms with Crippen LogP contribution in [0.5, 0.6) is 0 Å². The number of rotatable bonds is 7. The summed E-state index contributed by atoms with van der Waals surface area (Å²) in [6.45, 7) is 0.468. The van der Waals surface area contributed by atoms with E-state index in [9.17, 15) is 9.90 Å². The molecule has 1 N–H and O–H groups in total. The second-order valence-corrected chi connectivity index (χ2v) is 5.88. The predicted octanol–water partition coefficient (Wildman–Crippen LogP) is 3.29. The molecule has 1 amide bonds. The number of amides is 1. The number of methoxy groups -OCH3 is 1. The van der Waals surface area contributed by atoms with Crippen molar-refractivity contribution in [1.82, 2.24) is 19.9 Å². The van der Waals surface area contributed by atoms with E-state index in [-0.39, 0.29) is 6.54 Å². The Bertz CT molecular complexity index is 835. The Morgan fingerprint density at radius 1 is 1.00 bits per heavy atom. The zero-order chi connectivity index (χ0) is 19.1. The smallest absolute Gasteiger partial charge is 0.408 e. The molecule has 3 aromatic rings. The maximum atomic E-state index is 12.1. The quantitative estimate of drug-likeness (QED) is 0.692. The molecule has 3 aromatic heterocycles. The van der Waals surface area contributed by atoms with Crippen LogP contribution in [-0.4, -0.2) is 38.2 Å². The molecular formula is C20H20N4O3. The van der Waals surface area contributed by atoms with Gasteiger partial charge >= 0.3 is 6.09 Å². The molecule has 7 heteroatoms. The fraction of sp³-hybridized carbons (Fsp3) is 0.200. The lowest BCUT2D eigenvalue weighted by Gasteiger charge is -2.28. The van der Waals surface area contributed by atoms with Crippen molar-refractivity contribution in [3.8, 4) is 0 Å². The van der Waals surface area contributed by atoms with Gasteiger partial charge in [0.25, 0.3) is 0 Å². The molecular weight excluding hydrogens is 344 g/mol. The van der Waals surface area contributed by atoms with Crippen molar-refractivity contribution < 1.29 is 14.6 Å². The maximum Gasteiger partial charge on any atom is 0.408 e. The molecule has 0 aliphatic heterocycles. The van der Waals surface area contributed by atoms with Gasteiger partial charge in [0.05, 0.1) is 35.9 Å². The minimum atomic E-state index is -1.07. The molecule has 0 bridgehead atoms. The highest BCUT2D eigenvalue weighted by atomic mass is 16.5. The number of nitrogens with zero attached hydrogens (tertiary/aromatic N) is 4. The standard InChI is InChI=1S/C20H20N4O3/c1-27-14-16-8-6-7-15(23-16)13-24(20(25)26)19(17-9-2-4-11-21-17)18-10-3-5-12-22-18/h2-12,19H,13-14H2,1H3,(H,25,26). The highest BCUT2D eigenvalue weighted by molar-refractivity contribution is 5.66. The van der Waals surface area contributed by atoms with E-state index >= 15 is 0 Å². The lowest BCUT2D eigenvalue weighted by molar-refractivity contribution is 0.126. The number of hydrogen-bond acceptors (Lipinski definition) is 5. The second-order valence-electron chi connectivity index (χ2n) is 5.88. The molecule has 0 saturated heterocycles. The number of aromatic nitrogens is 3.